The van der Waals surface area contributed by atoms with Crippen molar-refractivity contribution in [1.29, 1.82) is 0 Å². The highest BCUT2D eigenvalue weighted by Crippen LogP contribution is 2.16. The molecule has 2 nitrogen and oxygen atoms in total. The van der Waals surface area contributed by atoms with E-state index < -0.39 is 0 Å². The van der Waals surface area contributed by atoms with Crippen LogP contribution in [0.5, 0.6) is 0 Å². The number of rotatable bonds is 5. The van der Waals surface area contributed by atoms with E-state index in [1.54, 1.807) is 0 Å². The normalized spacial score (nSPS) is 22.3. The lowest BCUT2D eigenvalue weighted by molar-refractivity contribution is 0.364. The third-order valence-electron chi connectivity index (χ3n) is 3.63. The Bertz CT molecular complexity index is 304. The van der Waals surface area contributed by atoms with Crippen molar-refractivity contribution in [1.82, 2.24) is 10.6 Å². The van der Waals surface area contributed by atoms with E-state index in [-0.39, 0.29) is 0 Å². The summed E-state index contributed by atoms with van der Waals surface area (Å²) in [4.78, 5) is 0. The lowest BCUT2D eigenvalue weighted by Gasteiger charge is -2.26. The molecule has 0 aliphatic carbocycles. The zero-order valence-electron chi connectivity index (χ0n) is 10.8. The molecule has 0 saturated carbocycles. The highest BCUT2D eigenvalue weighted by molar-refractivity contribution is 5.18. The van der Waals surface area contributed by atoms with E-state index in [1.165, 1.54) is 31.4 Å². The lowest BCUT2D eigenvalue weighted by atomic mass is 10.0. The first-order chi connectivity index (χ1) is 8.40. The minimum absolute atomic E-state index is 0.500. The van der Waals surface area contributed by atoms with Gasteiger partial charge < -0.3 is 10.6 Å². The van der Waals surface area contributed by atoms with Gasteiger partial charge in [0, 0.05) is 18.6 Å². The molecule has 1 aliphatic rings. The van der Waals surface area contributed by atoms with Crippen molar-refractivity contribution in [2.75, 3.05) is 13.1 Å². The number of nitrogens with one attached hydrogen (secondary N) is 2. The summed E-state index contributed by atoms with van der Waals surface area (Å²) >= 11 is 0. The molecule has 1 aliphatic heterocycles. The second-order valence-electron chi connectivity index (χ2n) is 4.93. The molecule has 0 amide bonds. The smallest absolute Gasteiger partial charge is 0.0318 e. The molecule has 94 valence electrons. The fraction of sp³-hybridized carbons (Fsp3) is 0.600. The maximum Gasteiger partial charge on any atom is 0.0318 e. The van der Waals surface area contributed by atoms with Crippen molar-refractivity contribution in [3.63, 3.8) is 0 Å². The predicted molar refractivity (Wildman–Crippen MR) is 73.1 cm³/mol. The van der Waals surface area contributed by atoms with Crippen molar-refractivity contribution in [3.8, 4) is 0 Å². The Morgan fingerprint density at radius 3 is 2.76 bits per heavy atom. The van der Waals surface area contributed by atoms with Crippen LogP contribution in [0.15, 0.2) is 30.3 Å². The first-order valence-electron chi connectivity index (χ1n) is 6.92. The molecule has 1 aromatic carbocycles. The minimum atomic E-state index is 0.500. The van der Waals surface area contributed by atoms with E-state index in [0.717, 1.165) is 13.0 Å². The SMILES string of the molecule is CCC(NCC1CCCCN1)c1ccccc1. The zero-order chi connectivity index (χ0) is 11.9. The number of hydrogen-bond acceptors (Lipinski definition) is 2. The van der Waals surface area contributed by atoms with Crippen molar-refractivity contribution in [3.05, 3.63) is 35.9 Å². The quantitative estimate of drug-likeness (QED) is 0.815. The number of piperidine rings is 1. The zero-order valence-corrected chi connectivity index (χ0v) is 10.8. The van der Waals surface area contributed by atoms with Gasteiger partial charge in [-0.1, -0.05) is 43.7 Å². The van der Waals surface area contributed by atoms with E-state index in [4.69, 9.17) is 0 Å². The minimum Gasteiger partial charge on any atom is -0.313 e. The van der Waals surface area contributed by atoms with Crippen LogP contribution in [0.3, 0.4) is 0 Å². The fourth-order valence-electron chi connectivity index (χ4n) is 2.57. The maximum absolute atomic E-state index is 3.69. The van der Waals surface area contributed by atoms with Crippen LogP contribution in [-0.4, -0.2) is 19.1 Å². The third kappa shape index (κ3) is 3.83. The summed E-state index contributed by atoms with van der Waals surface area (Å²) in [6.45, 7) is 4.53. The first kappa shape index (κ1) is 12.6. The van der Waals surface area contributed by atoms with E-state index >= 15 is 0 Å². The Morgan fingerprint density at radius 1 is 1.29 bits per heavy atom. The predicted octanol–water partition coefficient (Wildman–Crippen LogP) is 2.87. The van der Waals surface area contributed by atoms with Crippen LogP contribution >= 0.6 is 0 Å². The molecule has 2 N–H and O–H groups in total. The lowest BCUT2D eigenvalue weighted by Crippen LogP contribution is -2.42. The number of benzene rings is 1. The standard InChI is InChI=1S/C15H24N2/c1-2-15(13-8-4-3-5-9-13)17-12-14-10-6-7-11-16-14/h3-5,8-9,14-17H,2,6-7,10-12H2,1H3. The summed E-state index contributed by atoms with van der Waals surface area (Å²) in [6, 6.07) is 11.9. The molecule has 2 heteroatoms. The highest BCUT2D eigenvalue weighted by Gasteiger charge is 2.14. The van der Waals surface area contributed by atoms with Gasteiger partial charge in [-0.15, -0.1) is 0 Å². The van der Waals surface area contributed by atoms with Gasteiger partial charge in [0.15, 0.2) is 0 Å². The monoisotopic (exact) mass is 232 g/mol. The Balaban J connectivity index is 1.83. The van der Waals surface area contributed by atoms with Crippen LogP contribution in [0, 0.1) is 0 Å². The van der Waals surface area contributed by atoms with Gasteiger partial charge >= 0.3 is 0 Å². The van der Waals surface area contributed by atoms with E-state index in [0.29, 0.717) is 12.1 Å². The summed E-state index contributed by atoms with van der Waals surface area (Å²) in [5.41, 5.74) is 1.41. The van der Waals surface area contributed by atoms with Gasteiger partial charge in [0.25, 0.3) is 0 Å². The summed E-state index contributed by atoms with van der Waals surface area (Å²) < 4.78 is 0. The van der Waals surface area contributed by atoms with Crippen molar-refractivity contribution in [2.45, 2.75) is 44.7 Å². The van der Waals surface area contributed by atoms with E-state index in [2.05, 4.69) is 47.9 Å². The Morgan fingerprint density at radius 2 is 2.12 bits per heavy atom. The molecular weight excluding hydrogens is 208 g/mol. The Labute approximate surface area is 105 Å². The van der Waals surface area contributed by atoms with E-state index in [9.17, 15) is 0 Å². The summed E-state index contributed by atoms with van der Waals surface area (Å²) in [5, 5.41) is 7.28. The average Bonchev–Trinajstić information content (AvgIpc) is 2.42. The van der Waals surface area contributed by atoms with Gasteiger partial charge in [0.1, 0.15) is 0 Å². The summed E-state index contributed by atoms with van der Waals surface area (Å²) in [6.07, 6.45) is 5.18. The van der Waals surface area contributed by atoms with Crippen molar-refractivity contribution in [2.24, 2.45) is 0 Å². The molecule has 17 heavy (non-hydrogen) atoms. The Kier molecular flexibility index (Phi) is 5.02. The largest absolute Gasteiger partial charge is 0.313 e. The molecule has 0 bridgehead atoms. The van der Waals surface area contributed by atoms with Crippen LogP contribution in [0.4, 0.5) is 0 Å². The molecule has 1 aromatic rings. The molecule has 1 heterocycles. The van der Waals surface area contributed by atoms with Gasteiger partial charge in [0.2, 0.25) is 0 Å². The van der Waals surface area contributed by atoms with Crippen LogP contribution in [0.2, 0.25) is 0 Å². The van der Waals surface area contributed by atoms with Gasteiger partial charge in [-0.2, -0.15) is 0 Å². The molecule has 0 spiro atoms. The molecule has 2 unspecified atom stereocenters. The van der Waals surface area contributed by atoms with Crippen LogP contribution in [-0.2, 0) is 0 Å². The van der Waals surface area contributed by atoms with Crippen LogP contribution in [0.1, 0.15) is 44.2 Å². The molecule has 2 rings (SSSR count). The molecule has 1 saturated heterocycles. The van der Waals surface area contributed by atoms with Gasteiger partial charge in [-0.25, -0.2) is 0 Å². The Hall–Kier alpha value is -0.860. The first-order valence-corrected chi connectivity index (χ1v) is 6.92. The van der Waals surface area contributed by atoms with E-state index in [1.807, 2.05) is 0 Å². The molecule has 1 fully saturated rings. The van der Waals surface area contributed by atoms with Crippen LogP contribution in [0.25, 0.3) is 0 Å². The third-order valence-corrected chi connectivity index (χ3v) is 3.63. The van der Waals surface area contributed by atoms with Gasteiger partial charge in [0.05, 0.1) is 0 Å². The highest BCUT2D eigenvalue weighted by atomic mass is 15.0. The summed E-state index contributed by atoms with van der Waals surface area (Å²) in [7, 11) is 0. The van der Waals surface area contributed by atoms with Crippen LogP contribution < -0.4 is 10.6 Å². The second-order valence-corrected chi connectivity index (χ2v) is 4.93. The number of hydrogen-bond donors (Lipinski definition) is 2. The molecule has 2 atom stereocenters. The average molecular weight is 232 g/mol. The second kappa shape index (κ2) is 6.77. The van der Waals surface area contributed by atoms with Gasteiger partial charge in [-0.05, 0) is 31.4 Å². The fourth-order valence-corrected chi connectivity index (χ4v) is 2.57. The summed E-state index contributed by atoms with van der Waals surface area (Å²) in [5.74, 6) is 0. The molecular formula is C15H24N2. The molecule has 0 aromatic heterocycles. The van der Waals surface area contributed by atoms with Crippen molar-refractivity contribution >= 4 is 0 Å². The maximum atomic E-state index is 3.69. The molecule has 0 radical (unpaired) electrons. The van der Waals surface area contributed by atoms with Gasteiger partial charge in [-0.3, -0.25) is 0 Å². The topological polar surface area (TPSA) is 24.1 Å². The van der Waals surface area contributed by atoms with Crippen molar-refractivity contribution < 1.29 is 0 Å².